The number of methoxy groups -OCH3 is 1. The smallest absolute Gasteiger partial charge is 0.319 e. The molecule has 1 heterocycles. The molecular weight excluding hydrogens is 158 g/mol. The van der Waals surface area contributed by atoms with Gasteiger partial charge in [-0.1, -0.05) is 0 Å². The van der Waals surface area contributed by atoms with Crippen molar-refractivity contribution in [1.82, 2.24) is 5.32 Å². The highest BCUT2D eigenvalue weighted by Gasteiger charge is 2.13. The molecule has 0 unspecified atom stereocenters. The highest BCUT2D eigenvalue weighted by atomic mass is 16.5. The van der Waals surface area contributed by atoms with Crippen LogP contribution in [0.4, 0.5) is 0 Å². The number of rotatable bonds is 3. The van der Waals surface area contributed by atoms with Gasteiger partial charge in [-0.25, -0.2) is 0 Å². The second-order valence-corrected chi connectivity index (χ2v) is 2.84. The van der Waals surface area contributed by atoms with E-state index in [0.29, 0.717) is 12.6 Å². The summed E-state index contributed by atoms with van der Waals surface area (Å²) in [6.45, 7) is 1.89. The quantitative estimate of drug-likeness (QED) is 0.607. The van der Waals surface area contributed by atoms with Gasteiger partial charge in [0.2, 0.25) is 0 Å². The van der Waals surface area contributed by atoms with Gasteiger partial charge in [-0.05, 0) is 12.8 Å². The lowest BCUT2D eigenvalue weighted by Gasteiger charge is -2.22. The lowest BCUT2D eigenvalue weighted by atomic mass is 10.1. The second kappa shape index (κ2) is 5.11. The third-order valence-corrected chi connectivity index (χ3v) is 1.98. The maximum absolute atomic E-state index is 10.7. The normalized spacial score (nSPS) is 19.1. The van der Waals surface area contributed by atoms with E-state index >= 15 is 0 Å². The van der Waals surface area contributed by atoms with Gasteiger partial charge in [-0.15, -0.1) is 0 Å². The molecule has 12 heavy (non-hydrogen) atoms. The molecule has 1 aliphatic rings. The van der Waals surface area contributed by atoms with Crippen molar-refractivity contribution < 1.29 is 14.3 Å². The number of hydrogen-bond donors (Lipinski definition) is 1. The molecule has 4 heteroatoms. The standard InChI is InChI=1S/C8H15NO3/c1-11-8(10)6-9-7-2-4-12-5-3-7/h7,9H,2-6H2,1H3. The van der Waals surface area contributed by atoms with Gasteiger partial charge < -0.3 is 14.8 Å². The minimum Gasteiger partial charge on any atom is -0.468 e. The molecule has 70 valence electrons. The fourth-order valence-corrected chi connectivity index (χ4v) is 1.20. The lowest BCUT2D eigenvalue weighted by molar-refractivity contribution is -0.139. The van der Waals surface area contributed by atoms with Crippen molar-refractivity contribution in [2.45, 2.75) is 18.9 Å². The second-order valence-electron chi connectivity index (χ2n) is 2.84. The topological polar surface area (TPSA) is 47.6 Å². The van der Waals surface area contributed by atoms with Crippen LogP contribution in [0, 0.1) is 0 Å². The molecule has 1 fully saturated rings. The van der Waals surface area contributed by atoms with Crippen LogP contribution < -0.4 is 5.32 Å². The zero-order chi connectivity index (χ0) is 8.81. The highest BCUT2D eigenvalue weighted by molar-refractivity contribution is 5.71. The van der Waals surface area contributed by atoms with Gasteiger partial charge in [0.15, 0.2) is 0 Å². The predicted octanol–water partition coefficient (Wildman–Crippen LogP) is -0.0720. The molecule has 0 aromatic rings. The fraction of sp³-hybridized carbons (Fsp3) is 0.875. The average Bonchev–Trinajstić information content (AvgIpc) is 2.16. The van der Waals surface area contributed by atoms with E-state index in [-0.39, 0.29) is 5.97 Å². The zero-order valence-corrected chi connectivity index (χ0v) is 7.34. The van der Waals surface area contributed by atoms with Gasteiger partial charge in [0.25, 0.3) is 0 Å². The van der Waals surface area contributed by atoms with E-state index in [1.807, 2.05) is 0 Å². The van der Waals surface area contributed by atoms with Gasteiger partial charge in [0, 0.05) is 19.3 Å². The molecule has 0 radical (unpaired) electrons. The van der Waals surface area contributed by atoms with E-state index in [2.05, 4.69) is 10.1 Å². The first-order valence-electron chi connectivity index (χ1n) is 4.21. The minimum atomic E-state index is -0.207. The molecule has 0 spiro atoms. The number of carbonyl (C=O) groups excluding carboxylic acids is 1. The van der Waals surface area contributed by atoms with Crippen LogP contribution in [0.1, 0.15) is 12.8 Å². The van der Waals surface area contributed by atoms with Crippen molar-refractivity contribution in [2.75, 3.05) is 26.9 Å². The van der Waals surface area contributed by atoms with Gasteiger partial charge in [0.05, 0.1) is 13.7 Å². The van der Waals surface area contributed by atoms with Crippen LogP contribution in [0.3, 0.4) is 0 Å². The Bertz CT molecular complexity index is 143. The molecule has 0 bridgehead atoms. The monoisotopic (exact) mass is 173 g/mol. The molecule has 1 aliphatic heterocycles. The molecule has 0 saturated carbocycles. The van der Waals surface area contributed by atoms with Crippen molar-refractivity contribution in [1.29, 1.82) is 0 Å². The van der Waals surface area contributed by atoms with Gasteiger partial charge in [-0.2, -0.15) is 0 Å². The molecule has 1 saturated heterocycles. The Morgan fingerprint density at radius 2 is 2.25 bits per heavy atom. The molecule has 0 amide bonds. The summed E-state index contributed by atoms with van der Waals surface area (Å²) < 4.78 is 9.69. The first-order chi connectivity index (χ1) is 5.83. The summed E-state index contributed by atoms with van der Waals surface area (Å²) in [5, 5.41) is 3.12. The third kappa shape index (κ3) is 3.19. The van der Waals surface area contributed by atoms with Crippen LogP contribution in [0.2, 0.25) is 0 Å². The van der Waals surface area contributed by atoms with Gasteiger partial charge in [-0.3, -0.25) is 4.79 Å². The summed E-state index contributed by atoms with van der Waals surface area (Å²) in [7, 11) is 1.40. The Labute approximate surface area is 72.2 Å². The van der Waals surface area contributed by atoms with Gasteiger partial charge in [0.1, 0.15) is 0 Å². The van der Waals surface area contributed by atoms with Crippen molar-refractivity contribution in [2.24, 2.45) is 0 Å². The van der Waals surface area contributed by atoms with Crippen molar-refractivity contribution in [3.05, 3.63) is 0 Å². The van der Waals surface area contributed by atoms with Gasteiger partial charge >= 0.3 is 5.97 Å². The summed E-state index contributed by atoms with van der Waals surface area (Å²) >= 11 is 0. The highest BCUT2D eigenvalue weighted by Crippen LogP contribution is 2.05. The van der Waals surface area contributed by atoms with Crippen molar-refractivity contribution in [3.63, 3.8) is 0 Å². The Balaban J connectivity index is 2.09. The van der Waals surface area contributed by atoms with Crippen LogP contribution in [-0.2, 0) is 14.3 Å². The zero-order valence-electron chi connectivity index (χ0n) is 7.34. The Morgan fingerprint density at radius 3 is 2.83 bits per heavy atom. The van der Waals surface area contributed by atoms with Crippen LogP contribution in [-0.4, -0.2) is 38.9 Å². The number of ether oxygens (including phenoxy) is 2. The Kier molecular flexibility index (Phi) is 4.04. The van der Waals surface area contributed by atoms with E-state index in [9.17, 15) is 4.79 Å². The molecule has 0 aromatic carbocycles. The minimum absolute atomic E-state index is 0.207. The van der Waals surface area contributed by atoms with E-state index in [1.165, 1.54) is 7.11 Å². The molecule has 0 atom stereocenters. The van der Waals surface area contributed by atoms with Crippen LogP contribution >= 0.6 is 0 Å². The molecule has 4 nitrogen and oxygen atoms in total. The first-order valence-corrected chi connectivity index (χ1v) is 4.21. The molecule has 1 rings (SSSR count). The van der Waals surface area contributed by atoms with E-state index in [0.717, 1.165) is 26.1 Å². The van der Waals surface area contributed by atoms with Crippen LogP contribution in [0.5, 0.6) is 0 Å². The maximum atomic E-state index is 10.7. The molecular formula is C8H15NO3. The third-order valence-electron chi connectivity index (χ3n) is 1.98. The summed E-state index contributed by atoms with van der Waals surface area (Å²) in [6, 6.07) is 0.415. The average molecular weight is 173 g/mol. The SMILES string of the molecule is COC(=O)CNC1CCOCC1. The van der Waals surface area contributed by atoms with E-state index < -0.39 is 0 Å². The first kappa shape index (κ1) is 9.48. The number of nitrogens with one attached hydrogen (secondary N) is 1. The summed E-state index contributed by atoms with van der Waals surface area (Å²) in [6.07, 6.45) is 1.97. The Morgan fingerprint density at radius 1 is 1.58 bits per heavy atom. The fourth-order valence-electron chi connectivity index (χ4n) is 1.20. The van der Waals surface area contributed by atoms with E-state index in [1.54, 1.807) is 0 Å². The van der Waals surface area contributed by atoms with Crippen molar-refractivity contribution in [3.8, 4) is 0 Å². The summed E-state index contributed by atoms with van der Waals surface area (Å²) in [5.41, 5.74) is 0. The number of esters is 1. The van der Waals surface area contributed by atoms with Crippen molar-refractivity contribution >= 4 is 5.97 Å². The molecule has 0 aliphatic carbocycles. The summed E-state index contributed by atoms with van der Waals surface area (Å²) in [4.78, 5) is 10.7. The van der Waals surface area contributed by atoms with Crippen LogP contribution in [0.25, 0.3) is 0 Å². The van der Waals surface area contributed by atoms with E-state index in [4.69, 9.17) is 4.74 Å². The molecule has 0 aromatic heterocycles. The lowest BCUT2D eigenvalue weighted by Crippen LogP contribution is -2.38. The largest absolute Gasteiger partial charge is 0.468 e. The molecule has 1 N–H and O–H groups in total. The van der Waals surface area contributed by atoms with Crippen LogP contribution in [0.15, 0.2) is 0 Å². The Hall–Kier alpha value is -0.610. The maximum Gasteiger partial charge on any atom is 0.319 e. The number of carbonyl (C=O) groups is 1. The summed E-state index contributed by atoms with van der Waals surface area (Å²) in [5.74, 6) is -0.207. The number of hydrogen-bond acceptors (Lipinski definition) is 4. The predicted molar refractivity (Wildman–Crippen MR) is 43.9 cm³/mol.